The monoisotopic (exact) mass is 414 g/mol. The molecule has 3 rings (SSSR count). The van der Waals surface area contributed by atoms with Crippen LogP contribution in [-0.2, 0) is 4.65 Å². The summed E-state index contributed by atoms with van der Waals surface area (Å²) in [4.78, 5) is 0. The Morgan fingerprint density at radius 3 is 1.64 bits per heavy atom. The first kappa shape index (κ1) is 18.4. The molecule has 0 saturated heterocycles. The zero-order valence-corrected chi connectivity index (χ0v) is 16.5. The Balaban J connectivity index is 1.87. The Labute approximate surface area is 157 Å². The summed E-state index contributed by atoms with van der Waals surface area (Å²) < 4.78 is 6.38. The van der Waals surface area contributed by atoms with E-state index in [2.05, 4.69) is 51.5 Å². The molecule has 0 aliphatic carbocycles. The van der Waals surface area contributed by atoms with Crippen molar-refractivity contribution in [3.05, 3.63) is 91.0 Å². The van der Waals surface area contributed by atoms with Crippen LogP contribution in [-0.4, -0.2) is 39.8 Å². The average Bonchev–Trinajstić information content (AvgIpc) is 2.70. The molecule has 25 heavy (non-hydrogen) atoms. The minimum atomic E-state index is -1.89. The molecule has 0 aliphatic heterocycles. The molecular weight excluding hydrogens is 393 g/mol. The van der Waals surface area contributed by atoms with Gasteiger partial charge in [0.1, 0.15) is 0 Å². The van der Waals surface area contributed by atoms with Crippen molar-refractivity contribution in [1.29, 1.82) is 0 Å². The van der Waals surface area contributed by atoms with Crippen LogP contribution in [0.1, 0.15) is 0 Å². The second-order valence-corrected chi connectivity index (χ2v) is 13.1. The summed E-state index contributed by atoms with van der Waals surface area (Å²) in [7, 11) is 0. The van der Waals surface area contributed by atoms with Crippen molar-refractivity contribution in [3.63, 3.8) is 0 Å². The van der Waals surface area contributed by atoms with Crippen molar-refractivity contribution < 1.29 is 9.76 Å². The fourth-order valence-corrected chi connectivity index (χ4v) is 5.38. The van der Waals surface area contributed by atoms with E-state index in [0.29, 0.717) is 6.35 Å². The quantitative estimate of drug-likeness (QED) is 0.476. The van der Waals surface area contributed by atoms with Gasteiger partial charge in [-0.3, -0.25) is 0 Å². The Morgan fingerprint density at radius 1 is 0.760 bits per heavy atom. The zero-order valence-electron chi connectivity index (χ0n) is 13.9. The van der Waals surface area contributed by atoms with Crippen molar-refractivity contribution in [2.24, 2.45) is 0 Å². The fourth-order valence-electron chi connectivity index (χ4n) is 2.73. The third-order valence-electron chi connectivity index (χ3n) is 4.11. The van der Waals surface area contributed by atoms with Gasteiger partial charge in [0.25, 0.3) is 0 Å². The van der Waals surface area contributed by atoms with Crippen molar-refractivity contribution in [2.45, 2.75) is 0 Å². The van der Waals surface area contributed by atoms with Gasteiger partial charge >= 0.3 is 157 Å². The van der Waals surface area contributed by atoms with Crippen LogP contribution in [0.2, 0.25) is 0 Å². The average molecular weight is 413 g/mol. The van der Waals surface area contributed by atoms with Gasteiger partial charge in [-0.15, -0.1) is 0 Å². The van der Waals surface area contributed by atoms with Gasteiger partial charge in [-0.25, -0.2) is 0 Å². The molecule has 126 valence electrons. The molecule has 0 fully saturated rings. The minimum absolute atomic E-state index is 0.0906. The third-order valence-corrected chi connectivity index (χ3v) is 9.09. The first-order valence-corrected chi connectivity index (χ1v) is 12.6. The first-order chi connectivity index (χ1) is 12.2. The van der Waals surface area contributed by atoms with Gasteiger partial charge in [0.05, 0.1) is 0 Å². The predicted molar refractivity (Wildman–Crippen MR) is 110 cm³/mol. The van der Waals surface area contributed by atoms with Gasteiger partial charge in [-0.2, -0.15) is 0 Å². The van der Waals surface area contributed by atoms with E-state index in [9.17, 15) is 5.11 Å². The fraction of sp³-hybridized carbons (Fsp3) is 0.100. The molecular formula is C20H20BO2PSe. The topological polar surface area (TPSA) is 29.5 Å². The molecule has 0 radical (unpaired) electrons. The van der Waals surface area contributed by atoms with E-state index >= 15 is 0 Å². The summed E-state index contributed by atoms with van der Waals surface area (Å²) in [6.45, 7) is -0.148. The zero-order chi connectivity index (χ0) is 17.5. The maximum absolute atomic E-state index is 10.0. The van der Waals surface area contributed by atoms with Crippen LogP contribution in [0.5, 0.6) is 0 Å². The third kappa shape index (κ3) is 4.61. The van der Waals surface area contributed by atoms with Crippen LogP contribution >= 0.6 is 5.51 Å². The Bertz CT molecular complexity index is 789. The summed E-state index contributed by atoms with van der Waals surface area (Å²) >= 11 is 3.25. The molecule has 0 bridgehead atoms. The summed E-state index contributed by atoms with van der Waals surface area (Å²) in [5, 5.41) is 11.2. The molecule has 1 unspecified atom stereocenters. The first-order valence-electron chi connectivity index (χ1n) is 8.19. The predicted octanol–water partition coefficient (Wildman–Crippen LogP) is 2.14. The van der Waals surface area contributed by atoms with Gasteiger partial charge in [-0.1, -0.05) is 0 Å². The van der Waals surface area contributed by atoms with Crippen molar-refractivity contribution >= 4 is 43.8 Å². The molecule has 0 aromatic heterocycles. The number of hydrogen-bond donors (Lipinski definition) is 1. The number of hydrogen-bond acceptors (Lipinski definition) is 2. The van der Waals surface area contributed by atoms with Crippen molar-refractivity contribution in [2.75, 3.05) is 12.7 Å². The Hall–Kier alpha value is -1.41. The molecule has 1 N–H and O–H groups in total. The SMILES string of the molecule is OCP(=[Se])(COB(c1ccccc1)c1ccccc1)c1ccccc1. The van der Waals surface area contributed by atoms with Crippen LogP contribution in [0.25, 0.3) is 0 Å². The molecule has 2 nitrogen and oxygen atoms in total. The molecule has 0 spiro atoms. The van der Waals surface area contributed by atoms with Gasteiger partial charge in [0.15, 0.2) is 0 Å². The molecule has 1 atom stereocenters. The Kier molecular flexibility index (Phi) is 6.48. The van der Waals surface area contributed by atoms with E-state index < -0.39 is 5.51 Å². The second kappa shape index (κ2) is 8.80. The van der Waals surface area contributed by atoms with Crippen LogP contribution in [0.3, 0.4) is 0 Å². The second-order valence-electron chi connectivity index (χ2n) is 5.86. The molecule has 0 amide bonds. The van der Waals surface area contributed by atoms with Crippen LogP contribution in [0.15, 0.2) is 91.0 Å². The van der Waals surface area contributed by atoms with E-state index in [1.165, 1.54) is 0 Å². The number of rotatable bonds is 7. The van der Waals surface area contributed by atoms with E-state index in [4.69, 9.17) is 4.65 Å². The number of aliphatic hydroxyl groups excluding tert-OH is 1. The van der Waals surface area contributed by atoms with E-state index in [1.807, 2.05) is 54.6 Å². The molecule has 0 heterocycles. The molecule has 3 aromatic rings. The number of aliphatic hydroxyl groups is 1. The van der Waals surface area contributed by atoms with Gasteiger partial charge < -0.3 is 0 Å². The van der Waals surface area contributed by atoms with Crippen LogP contribution in [0, 0.1) is 0 Å². The van der Waals surface area contributed by atoms with E-state index in [1.54, 1.807) is 0 Å². The normalized spacial score (nSPS) is 13.2. The van der Waals surface area contributed by atoms with Crippen LogP contribution < -0.4 is 16.2 Å². The van der Waals surface area contributed by atoms with Crippen LogP contribution in [0.4, 0.5) is 0 Å². The van der Waals surface area contributed by atoms with Gasteiger partial charge in [-0.05, 0) is 0 Å². The van der Waals surface area contributed by atoms with Crippen molar-refractivity contribution in [1.82, 2.24) is 0 Å². The summed E-state index contributed by atoms with van der Waals surface area (Å²) in [6.07, 6.45) is 0.579. The Morgan fingerprint density at radius 2 is 1.20 bits per heavy atom. The molecule has 0 saturated carbocycles. The summed E-state index contributed by atoms with van der Waals surface area (Å²) in [5.41, 5.74) is 0.345. The molecule has 3 aromatic carbocycles. The number of benzene rings is 3. The van der Waals surface area contributed by atoms with Gasteiger partial charge in [0.2, 0.25) is 0 Å². The summed E-state index contributed by atoms with van der Waals surface area (Å²) in [6, 6.07) is 30.6. The van der Waals surface area contributed by atoms with Crippen molar-refractivity contribution in [3.8, 4) is 0 Å². The summed E-state index contributed by atoms with van der Waals surface area (Å²) in [5.74, 6) is 0. The standard InChI is InChI=1S/C20H20BO2PSe/c22-16-24(25,20-14-8-3-9-15-20)17-23-21(18-10-4-1-5-11-18)19-12-6-2-7-13-19/h1-15,22H,16-17H2. The molecule has 0 aliphatic rings. The van der Waals surface area contributed by atoms with E-state index in [0.717, 1.165) is 16.2 Å². The van der Waals surface area contributed by atoms with Gasteiger partial charge in [0, 0.05) is 0 Å². The maximum atomic E-state index is 10.0. The van der Waals surface area contributed by atoms with E-state index in [-0.39, 0.29) is 13.3 Å². The molecule has 5 heteroatoms.